The lowest BCUT2D eigenvalue weighted by molar-refractivity contribution is -0.161. The highest BCUT2D eigenvalue weighted by molar-refractivity contribution is 5.75. The molecule has 0 aromatic carbocycles. The summed E-state index contributed by atoms with van der Waals surface area (Å²) >= 11 is 0. The number of hydrogen-bond donors (Lipinski definition) is 1. The standard InChI is InChI=1S/C8H12F3NO3/c1-2-14-3-4-15-7(13)6(12)5-8(9,10)11/h2,6H,1,3-5,12H2. The van der Waals surface area contributed by atoms with E-state index in [0.29, 0.717) is 0 Å². The first kappa shape index (κ1) is 13.8. The Hall–Kier alpha value is -1.24. The van der Waals surface area contributed by atoms with Crippen LogP contribution in [0, 0.1) is 0 Å². The first-order valence-electron chi connectivity index (χ1n) is 4.08. The maximum absolute atomic E-state index is 11.8. The molecule has 88 valence electrons. The SMILES string of the molecule is C=COCCOC(=O)C(N)CC(F)(F)F. The summed E-state index contributed by atoms with van der Waals surface area (Å²) in [6.07, 6.45) is -4.74. The Kier molecular flexibility index (Phi) is 5.76. The first-order chi connectivity index (χ1) is 6.87. The van der Waals surface area contributed by atoms with Crippen LogP contribution in [-0.2, 0) is 14.3 Å². The number of nitrogens with two attached hydrogens (primary N) is 1. The molecule has 0 fully saturated rings. The van der Waals surface area contributed by atoms with Gasteiger partial charge in [-0.1, -0.05) is 6.58 Å². The molecule has 0 saturated heterocycles. The van der Waals surface area contributed by atoms with E-state index in [1.165, 1.54) is 0 Å². The molecule has 1 unspecified atom stereocenters. The topological polar surface area (TPSA) is 61.5 Å². The van der Waals surface area contributed by atoms with Crippen LogP contribution >= 0.6 is 0 Å². The fourth-order valence-electron chi connectivity index (χ4n) is 0.713. The van der Waals surface area contributed by atoms with Crippen LogP contribution in [0.4, 0.5) is 13.2 Å². The van der Waals surface area contributed by atoms with Crippen LogP contribution in [0.1, 0.15) is 6.42 Å². The van der Waals surface area contributed by atoms with E-state index in [-0.39, 0.29) is 13.2 Å². The second-order valence-corrected chi connectivity index (χ2v) is 2.63. The Balaban J connectivity index is 3.74. The molecule has 2 N–H and O–H groups in total. The van der Waals surface area contributed by atoms with Gasteiger partial charge in [-0.2, -0.15) is 13.2 Å². The third-order valence-corrected chi connectivity index (χ3v) is 1.32. The predicted octanol–water partition coefficient (Wildman–Crippen LogP) is 0.969. The molecule has 0 aliphatic carbocycles. The van der Waals surface area contributed by atoms with Crippen LogP contribution in [-0.4, -0.2) is 31.4 Å². The second kappa shape index (κ2) is 6.28. The van der Waals surface area contributed by atoms with Gasteiger partial charge in [-0.25, -0.2) is 0 Å². The molecule has 0 aromatic rings. The highest BCUT2D eigenvalue weighted by atomic mass is 19.4. The fourth-order valence-corrected chi connectivity index (χ4v) is 0.713. The van der Waals surface area contributed by atoms with Crippen LogP contribution < -0.4 is 5.73 Å². The lowest BCUT2D eigenvalue weighted by Gasteiger charge is -2.13. The van der Waals surface area contributed by atoms with Crippen molar-refractivity contribution in [2.24, 2.45) is 5.73 Å². The number of carbonyl (C=O) groups is 1. The molecule has 0 spiro atoms. The van der Waals surface area contributed by atoms with E-state index in [2.05, 4.69) is 16.1 Å². The predicted molar refractivity (Wildman–Crippen MR) is 45.8 cm³/mol. The van der Waals surface area contributed by atoms with Gasteiger partial charge >= 0.3 is 12.1 Å². The number of halogens is 3. The molecule has 0 saturated carbocycles. The van der Waals surface area contributed by atoms with Gasteiger partial charge in [0.15, 0.2) is 0 Å². The molecule has 0 aliphatic heterocycles. The summed E-state index contributed by atoms with van der Waals surface area (Å²) in [5.41, 5.74) is 4.96. The van der Waals surface area contributed by atoms with Gasteiger partial charge < -0.3 is 15.2 Å². The van der Waals surface area contributed by atoms with Gasteiger partial charge in [0.25, 0.3) is 0 Å². The number of esters is 1. The minimum absolute atomic E-state index is 0.0357. The Morgan fingerprint density at radius 3 is 2.53 bits per heavy atom. The molecule has 0 radical (unpaired) electrons. The highest BCUT2D eigenvalue weighted by Gasteiger charge is 2.34. The summed E-state index contributed by atoms with van der Waals surface area (Å²) in [6, 6.07) is -1.69. The fraction of sp³-hybridized carbons (Fsp3) is 0.625. The molecule has 0 rings (SSSR count). The van der Waals surface area contributed by atoms with Crippen molar-refractivity contribution in [3.63, 3.8) is 0 Å². The largest absolute Gasteiger partial charge is 0.498 e. The third-order valence-electron chi connectivity index (χ3n) is 1.32. The van der Waals surface area contributed by atoms with Crippen LogP contribution in [0.25, 0.3) is 0 Å². The van der Waals surface area contributed by atoms with E-state index in [9.17, 15) is 18.0 Å². The van der Waals surface area contributed by atoms with Crippen molar-refractivity contribution in [3.8, 4) is 0 Å². The van der Waals surface area contributed by atoms with Crippen molar-refractivity contribution in [1.29, 1.82) is 0 Å². The van der Waals surface area contributed by atoms with Gasteiger partial charge in [-0.05, 0) is 0 Å². The van der Waals surface area contributed by atoms with E-state index in [4.69, 9.17) is 5.73 Å². The first-order valence-corrected chi connectivity index (χ1v) is 4.08. The normalized spacial score (nSPS) is 13.1. The molecule has 4 nitrogen and oxygen atoms in total. The van der Waals surface area contributed by atoms with E-state index < -0.39 is 24.6 Å². The number of carbonyl (C=O) groups excluding carboxylic acids is 1. The molecule has 0 aliphatic rings. The van der Waals surface area contributed by atoms with Crippen molar-refractivity contribution >= 4 is 5.97 Å². The molecule has 0 heterocycles. The van der Waals surface area contributed by atoms with Crippen molar-refractivity contribution in [2.75, 3.05) is 13.2 Å². The van der Waals surface area contributed by atoms with Gasteiger partial charge in [0.05, 0.1) is 12.7 Å². The Morgan fingerprint density at radius 1 is 1.47 bits per heavy atom. The molecule has 0 aromatic heterocycles. The average Bonchev–Trinajstić information content (AvgIpc) is 2.09. The van der Waals surface area contributed by atoms with Crippen molar-refractivity contribution in [1.82, 2.24) is 0 Å². The van der Waals surface area contributed by atoms with Crippen molar-refractivity contribution in [3.05, 3.63) is 12.8 Å². The van der Waals surface area contributed by atoms with Crippen molar-refractivity contribution < 1.29 is 27.4 Å². The van der Waals surface area contributed by atoms with Gasteiger partial charge in [0.1, 0.15) is 19.3 Å². The Morgan fingerprint density at radius 2 is 2.07 bits per heavy atom. The zero-order chi connectivity index (χ0) is 11.9. The molecule has 15 heavy (non-hydrogen) atoms. The second-order valence-electron chi connectivity index (χ2n) is 2.63. The van der Waals surface area contributed by atoms with Gasteiger partial charge in [-0.3, -0.25) is 4.79 Å². The molecular formula is C8H12F3NO3. The van der Waals surface area contributed by atoms with Crippen LogP contribution in [0.2, 0.25) is 0 Å². The molecule has 0 bridgehead atoms. The smallest absolute Gasteiger partial charge is 0.391 e. The van der Waals surface area contributed by atoms with E-state index in [1.54, 1.807) is 0 Å². The Bertz CT molecular complexity index is 218. The van der Waals surface area contributed by atoms with Crippen LogP contribution in [0.3, 0.4) is 0 Å². The summed E-state index contributed by atoms with van der Waals surface area (Å²) in [4.78, 5) is 10.9. The van der Waals surface area contributed by atoms with E-state index >= 15 is 0 Å². The molecular weight excluding hydrogens is 215 g/mol. The summed E-state index contributed by atoms with van der Waals surface area (Å²) in [7, 11) is 0. The summed E-state index contributed by atoms with van der Waals surface area (Å²) in [5, 5.41) is 0. The number of ether oxygens (including phenoxy) is 2. The molecule has 0 amide bonds. The van der Waals surface area contributed by atoms with Crippen LogP contribution in [0.15, 0.2) is 12.8 Å². The van der Waals surface area contributed by atoms with Crippen molar-refractivity contribution in [2.45, 2.75) is 18.6 Å². The summed E-state index contributed by atoms with van der Waals surface area (Å²) in [6.45, 7) is 3.10. The monoisotopic (exact) mass is 227 g/mol. The zero-order valence-electron chi connectivity index (χ0n) is 7.92. The maximum atomic E-state index is 11.8. The number of rotatable bonds is 6. The van der Waals surface area contributed by atoms with E-state index in [1.807, 2.05) is 0 Å². The van der Waals surface area contributed by atoms with Gasteiger partial charge in [0, 0.05) is 0 Å². The van der Waals surface area contributed by atoms with Gasteiger partial charge in [0.2, 0.25) is 0 Å². The quantitative estimate of drug-likeness (QED) is 0.417. The Labute approximate surface area is 84.8 Å². The van der Waals surface area contributed by atoms with Crippen LogP contribution in [0.5, 0.6) is 0 Å². The molecule has 7 heteroatoms. The summed E-state index contributed by atoms with van der Waals surface area (Å²) in [5.74, 6) is -1.10. The van der Waals surface area contributed by atoms with Gasteiger partial charge in [-0.15, -0.1) is 0 Å². The minimum Gasteiger partial charge on any atom is -0.498 e. The lowest BCUT2D eigenvalue weighted by atomic mass is 10.2. The average molecular weight is 227 g/mol. The maximum Gasteiger partial charge on any atom is 0.391 e. The highest BCUT2D eigenvalue weighted by Crippen LogP contribution is 2.20. The van der Waals surface area contributed by atoms with E-state index in [0.717, 1.165) is 6.26 Å². The summed E-state index contributed by atoms with van der Waals surface area (Å²) < 4.78 is 44.4. The molecule has 1 atom stereocenters. The lowest BCUT2D eigenvalue weighted by Crippen LogP contribution is -2.37. The third kappa shape index (κ3) is 7.80. The zero-order valence-corrected chi connectivity index (χ0v) is 7.92. The minimum atomic E-state index is -4.48. The number of alkyl halides is 3. The number of hydrogen-bond acceptors (Lipinski definition) is 4.